The van der Waals surface area contributed by atoms with Gasteiger partial charge in [-0.05, 0) is 23.6 Å². The Morgan fingerprint density at radius 2 is 2.00 bits per heavy atom. The second kappa shape index (κ2) is 6.84. The van der Waals surface area contributed by atoms with Crippen molar-refractivity contribution in [3.63, 3.8) is 0 Å². The fourth-order valence-corrected chi connectivity index (χ4v) is 4.38. The smallest absolute Gasteiger partial charge is 0.340 e. The van der Waals surface area contributed by atoms with Gasteiger partial charge in [0.15, 0.2) is 5.60 Å². The van der Waals surface area contributed by atoms with E-state index in [1.165, 1.54) is 5.56 Å². The summed E-state index contributed by atoms with van der Waals surface area (Å²) in [6.45, 7) is 3.82. The summed E-state index contributed by atoms with van der Waals surface area (Å²) < 4.78 is 5.38. The molecule has 0 radical (unpaired) electrons. The highest BCUT2D eigenvalue weighted by atomic mass is 16.6. The van der Waals surface area contributed by atoms with Crippen molar-refractivity contribution in [2.75, 3.05) is 24.5 Å². The van der Waals surface area contributed by atoms with Gasteiger partial charge in [0, 0.05) is 51.3 Å². The molecule has 7 heteroatoms. The number of nitrogens with two attached hydrogens (primary N) is 1. The zero-order valence-electron chi connectivity index (χ0n) is 16.2. The molecule has 1 aromatic carbocycles. The molecule has 7 nitrogen and oxygen atoms in total. The Morgan fingerprint density at radius 1 is 1.21 bits per heavy atom. The molecule has 1 saturated carbocycles. The van der Waals surface area contributed by atoms with Crippen LogP contribution < -0.4 is 10.6 Å². The standard InChI is InChI=1S/C22H24N4O3/c23-21(28)22(6-7-22)29-20(27)17-10-16-11-18-14-25(13-15-4-2-1-3-5-15)8-9-26(18)19(16)24-12-17/h1-5,10,12,18H,6-9,11,13-14H2,(H2,23,28). The van der Waals surface area contributed by atoms with Gasteiger partial charge in [-0.1, -0.05) is 30.3 Å². The van der Waals surface area contributed by atoms with Crippen LogP contribution in [-0.2, 0) is 22.5 Å². The number of rotatable bonds is 5. The first-order valence-electron chi connectivity index (χ1n) is 10.1. The highest BCUT2D eigenvalue weighted by Crippen LogP contribution is 2.40. The molecule has 2 aromatic rings. The van der Waals surface area contributed by atoms with Crippen LogP contribution in [0.3, 0.4) is 0 Å². The molecular formula is C22H24N4O3. The van der Waals surface area contributed by atoms with E-state index in [2.05, 4.69) is 39.0 Å². The molecule has 3 aliphatic rings. The molecule has 3 heterocycles. The first-order valence-corrected chi connectivity index (χ1v) is 10.1. The van der Waals surface area contributed by atoms with Crippen molar-refractivity contribution in [1.82, 2.24) is 9.88 Å². The van der Waals surface area contributed by atoms with E-state index < -0.39 is 17.5 Å². The summed E-state index contributed by atoms with van der Waals surface area (Å²) >= 11 is 0. The van der Waals surface area contributed by atoms with Crippen molar-refractivity contribution >= 4 is 17.7 Å². The molecule has 0 bridgehead atoms. The summed E-state index contributed by atoms with van der Waals surface area (Å²) in [5.41, 5.74) is 7.02. The van der Waals surface area contributed by atoms with Gasteiger partial charge in [-0.2, -0.15) is 0 Å². The fourth-order valence-electron chi connectivity index (χ4n) is 4.38. The van der Waals surface area contributed by atoms with Crippen molar-refractivity contribution in [2.24, 2.45) is 5.73 Å². The van der Waals surface area contributed by atoms with Crippen molar-refractivity contribution in [3.8, 4) is 0 Å². The zero-order chi connectivity index (χ0) is 20.0. The molecule has 2 aliphatic heterocycles. The summed E-state index contributed by atoms with van der Waals surface area (Å²) in [7, 11) is 0. The quantitative estimate of drug-likeness (QED) is 0.776. The molecule has 1 aromatic heterocycles. The zero-order valence-corrected chi connectivity index (χ0v) is 16.2. The Hall–Kier alpha value is -2.93. The number of primary amides is 1. The average molecular weight is 392 g/mol. The van der Waals surface area contributed by atoms with E-state index in [0.29, 0.717) is 24.4 Å². The normalized spacial score (nSPS) is 21.9. The van der Waals surface area contributed by atoms with Crippen LogP contribution in [0.1, 0.15) is 34.3 Å². The molecule has 2 N–H and O–H groups in total. The SMILES string of the molecule is NC(=O)C1(OC(=O)c2cnc3c(c2)CC2CN(Cc4ccccc4)CCN32)CC1. The largest absolute Gasteiger partial charge is 0.445 e. The first-order chi connectivity index (χ1) is 14.0. The maximum atomic E-state index is 12.5. The van der Waals surface area contributed by atoms with Crippen LogP contribution >= 0.6 is 0 Å². The number of nitrogens with zero attached hydrogens (tertiary/aromatic N) is 3. The van der Waals surface area contributed by atoms with Crippen LogP contribution in [0.5, 0.6) is 0 Å². The number of carbonyl (C=O) groups excluding carboxylic acids is 2. The van der Waals surface area contributed by atoms with E-state index in [9.17, 15) is 9.59 Å². The highest BCUT2D eigenvalue weighted by Gasteiger charge is 2.53. The van der Waals surface area contributed by atoms with Crippen molar-refractivity contribution in [3.05, 3.63) is 59.3 Å². The van der Waals surface area contributed by atoms with Gasteiger partial charge in [-0.3, -0.25) is 9.69 Å². The lowest BCUT2D eigenvalue weighted by atomic mass is 10.1. The van der Waals surface area contributed by atoms with E-state index in [-0.39, 0.29) is 0 Å². The predicted molar refractivity (Wildman–Crippen MR) is 107 cm³/mol. The topological polar surface area (TPSA) is 88.8 Å². The van der Waals surface area contributed by atoms with Crippen molar-refractivity contribution in [2.45, 2.75) is 37.5 Å². The van der Waals surface area contributed by atoms with Gasteiger partial charge in [0.1, 0.15) is 5.82 Å². The monoisotopic (exact) mass is 392 g/mol. The number of carbonyl (C=O) groups is 2. The van der Waals surface area contributed by atoms with Crippen LogP contribution in [0.25, 0.3) is 0 Å². The van der Waals surface area contributed by atoms with Crippen molar-refractivity contribution in [1.29, 1.82) is 0 Å². The molecule has 5 rings (SSSR count). The minimum Gasteiger partial charge on any atom is -0.445 e. The fraction of sp³-hybridized carbons (Fsp3) is 0.409. The number of ether oxygens (including phenoxy) is 1. The van der Waals surface area contributed by atoms with Gasteiger partial charge < -0.3 is 15.4 Å². The van der Waals surface area contributed by atoms with Crippen LogP contribution in [-0.4, -0.2) is 53.0 Å². The Kier molecular flexibility index (Phi) is 4.28. The second-order valence-corrected chi connectivity index (χ2v) is 8.23. The molecule has 1 unspecified atom stereocenters. The summed E-state index contributed by atoms with van der Waals surface area (Å²) in [4.78, 5) is 33.3. The molecule has 1 atom stereocenters. The number of amides is 1. The lowest BCUT2D eigenvalue weighted by Crippen LogP contribution is -2.51. The number of anilines is 1. The number of aromatic nitrogens is 1. The van der Waals surface area contributed by atoms with Crippen LogP contribution in [0.4, 0.5) is 5.82 Å². The molecule has 150 valence electrons. The maximum absolute atomic E-state index is 12.5. The van der Waals surface area contributed by atoms with Crippen molar-refractivity contribution < 1.29 is 14.3 Å². The molecule has 2 fully saturated rings. The van der Waals surface area contributed by atoms with E-state index in [0.717, 1.165) is 44.0 Å². The third-order valence-corrected chi connectivity index (χ3v) is 6.16. The highest BCUT2D eigenvalue weighted by molar-refractivity contribution is 5.95. The lowest BCUT2D eigenvalue weighted by Gasteiger charge is -2.38. The van der Waals surface area contributed by atoms with Crippen LogP contribution in [0.15, 0.2) is 42.6 Å². The molecular weight excluding hydrogens is 368 g/mol. The Bertz CT molecular complexity index is 958. The number of hydrogen-bond acceptors (Lipinski definition) is 6. The van der Waals surface area contributed by atoms with Gasteiger partial charge in [0.2, 0.25) is 0 Å². The molecule has 1 aliphatic carbocycles. The lowest BCUT2D eigenvalue weighted by molar-refractivity contribution is -0.128. The number of pyridine rings is 1. The molecule has 1 amide bonds. The Labute approximate surface area is 169 Å². The van der Waals surface area contributed by atoms with Gasteiger partial charge >= 0.3 is 5.97 Å². The van der Waals surface area contributed by atoms with Gasteiger partial charge in [-0.25, -0.2) is 9.78 Å². The molecule has 0 spiro atoms. The van der Waals surface area contributed by atoms with Gasteiger partial charge in [-0.15, -0.1) is 0 Å². The number of piperazine rings is 1. The minimum absolute atomic E-state index is 0.363. The predicted octanol–water partition coefficient (Wildman–Crippen LogP) is 1.50. The number of esters is 1. The minimum atomic E-state index is -1.11. The third kappa shape index (κ3) is 3.35. The third-order valence-electron chi connectivity index (χ3n) is 6.16. The second-order valence-electron chi connectivity index (χ2n) is 8.23. The molecule has 1 saturated heterocycles. The summed E-state index contributed by atoms with van der Waals surface area (Å²) in [6.07, 6.45) is 3.41. The van der Waals surface area contributed by atoms with Crippen LogP contribution in [0, 0.1) is 0 Å². The number of hydrogen-bond donors (Lipinski definition) is 1. The molecule has 29 heavy (non-hydrogen) atoms. The summed E-state index contributed by atoms with van der Waals surface area (Å²) in [5.74, 6) is -0.135. The first kappa shape index (κ1) is 18.1. The summed E-state index contributed by atoms with van der Waals surface area (Å²) in [6, 6.07) is 12.7. The maximum Gasteiger partial charge on any atom is 0.340 e. The van der Waals surface area contributed by atoms with E-state index in [1.54, 1.807) is 6.20 Å². The van der Waals surface area contributed by atoms with Gasteiger partial charge in [0.05, 0.1) is 5.56 Å². The van der Waals surface area contributed by atoms with E-state index >= 15 is 0 Å². The van der Waals surface area contributed by atoms with Crippen LogP contribution in [0.2, 0.25) is 0 Å². The van der Waals surface area contributed by atoms with Gasteiger partial charge in [0.25, 0.3) is 5.91 Å². The average Bonchev–Trinajstić information content (AvgIpc) is 3.41. The summed E-state index contributed by atoms with van der Waals surface area (Å²) in [5, 5.41) is 0. The number of fused-ring (bicyclic) bond motifs is 3. The van der Waals surface area contributed by atoms with E-state index in [1.807, 2.05) is 12.1 Å². The Balaban J connectivity index is 1.27. The Morgan fingerprint density at radius 3 is 2.72 bits per heavy atom. The van der Waals surface area contributed by atoms with E-state index in [4.69, 9.17) is 10.5 Å². The number of benzene rings is 1.